The van der Waals surface area contributed by atoms with Crippen LogP contribution in [-0.4, -0.2) is 23.2 Å². The fourth-order valence-corrected chi connectivity index (χ4v) is 3.20. The number of allylic oxidation sites excluding steroid dienone is 1. The molecule has 1 atom stereocenters. The molecule has 110 valence electrons. The summed E-state index contributed by atoms with van der Waals surface area (Å²) in [4.78, 5) is 18.6. The number of carbonyl (C=O) groups excluding carboxylic acids is 1. The van der Waals surface area contributed by atoms with Crippen molar-refractivity contribution in [1.29, 1.82) is 0 Å². The zero-order valence-electron chi connectivity index (χ0n) is 12.0. The summed E-state index contributed by atoms with van der Waals surface area (Å²) in [5.41, 5.74) is 4.01. The number of hydrogen-bond donors (Lipinski definition) is 1. The second-order valence-electron chi connectivity index (χ2n) is 5.64. The van der Waals surface area contributed by atoms with Crippen LogP contribution >= 0.6 is 11.6 Å². The Balaban J connectivity index is 1.84. The maximum Gasteiger partial charge on any atom is 0.248 e. The van der Waals surface area contributed by atoms with Gasteiger partial charge in [-0.3, -0.25) is 4.79 Å². The third-order valence-corrected chi connectivity index (χ3v) is 4.36. The lowest BCUT2D eigenvalue weighted by molar-refractivity contribution is -0.115. The van der Waals surface area contributed by atoms with Gasteiger partial charge in [-0.2, -0.15) is 0 Å². The van der Waals surface area contributed by atoms with E-state index in [1.54, 1.807) is 6.08 Å². The van der Waals surface area contributed by atoms with Crippen molar-refractivity contribution >= 4 is 23.3 Å². The van der Waals surface area contributed by atoms with E-state index in [1.807, 2.05) is 36.5 Å². The zero-order valence-corrected chi connectivity index (χ0v) is 12.8. The van der Waals surface area contributed by atoms with Crippen LogP contribution in [0.2, 0.25) is 5.02 Å². The molecule has 0 radical (unpaired) electrons. The Labute approximate surface area is 133 Å². The number of halogens is 1. The summed E-state index contributed by atoms with van der Waals surface area (Å²) in [7, 11) is 0. The van der Waals surface area contributed by atoms with E-state index < -0.39 is 0 Å². The highest BCUT2D eigenvalue weighted by Crippen LogP contribution is 2.36. The zero-order chi connectivity index (χ0) is 15.3. The molecule has 22 heavy (non-hydrogen) atoms. The van der Waals surface area contributed by atoms with Gasteiger partial charge in [0.15, 0.2) is 0 Å². The second-order valence-corrected chi connectivity index (χ2v) is 6.08. The first-order valence-electron chi connectivity index (χ1n) is 7.18. The molecule has 5 heteroatoms. The number of benzene rings is 1. The van der Waals surface area contributed by atoms with E-state index in [0.717, 1.165) is 34.9 Å². The number of rotatable bonds is 1. The molecule has 0 aromatic heterocycles. The monoisotopic (exact) mass is 311 g/mol. The van der Waals surface area contributed by atoms with Crippen LogP contribution in [0.1, 0.15) is 12.5 Å². The minimum Gasteiger partial charge on any atom is -0.324 e. The first kappa shape index (κ1) is 13.3. The van der Waals surface area contributed by atoms with E-state index in [2.05, 4.69) is 22.1 Å². The fraction of sp³-hybridized carbons (Fsp3) is 0.176. The highest BCUT2D eigenvalue weighted by molar-refractivity contribution is 6.30. The highest BCUT2D eigenvalue weighted by atomic mass is 35.5. The van der Waals surface area contributed by atoms with Gasteiger partial charge in [-0.05, 0) is 30.3 Å². The molecule has 1 aromatic rings. The molecule has 4 nitrogen and oxygen atoms in total. The molecular formula is C17H14ClN3O. The minimum atomic E-state index is -0.0838. The quantitative estimate of drug-likeness (QED) is 0.867. The van der Waals surface area contributed by atoms with Crippen LogP contribution < -0.4 is 5.32 Å². The number of nitrogens with one attached hydrogen (secondary N) is 1. The molecule has 1 amide bonds. The molecule has 0 saturated heterocycles. The Kier molecular flexibility index (Phi) is 2.94. The Morgan fingerprint density at radius 2 is 2.05 bits per heavy atom. The predicted octanol–water partition coefficient (Wildman–Crippen LogP) is 2.83. The van der Waals surface area contributed by atoms with Crippen molar-refractivity contribution in [1.82, 2.24) is 10.2 Å². The van der Waals surface area contributed by atoms with Crippen molar-refractivity contribution in [2.24, 2.45) is 10.9 Å². The van der Waals surface area contributed by atoms with E-state index in [0.29, 0.717) is 5.02 Å². The Bertz CT molecular complexity index is 787. The SMILES string of the molecule is C[C@@H]1CN2C(c3ccc(Cl)cc3)=NC=C3C=CC(=O)NC1=C32. The molecule has 0 spiro atoms. The highest BCUT2D eigenvalue weighted by Gasteiger charge is 2.36. The molecule has 0 aliphatic carbocycles. The van der Waals surface area contributed by atoms with Gasteiger partial charge >= 0.3 is 0 Å². The number of amides is 1. The average Bonchev–Trinajstić information content (AvgIpc) is 2.72. The Morgan fingerprint density at radius 3 is 2.82 bits per heavy atom. The molecule has 4 rings (SSSR count). The Morgan fingerprint density at radius 1 is 1.27 bits per heavy atom. The summed E-state index contributed by atoms with van der Waals surface area (Å²) in [5, 5.41) is 3.70. The molecule has 1 aromatic carbocycles. The summed E-state index contributed by atoms with van der Waals surface area (Å²) < 4.78 is 0. The molecule has 3 aliphatic heterocycles. The van der Waals surface area contributed by atoms with E-state index in [-0.39, 0.29) is 11.8 Å². The summed E-state index contributed by atoms with van der Waals surface area (Å²) in [6, 6.07) is 7.66. The van der Waals surface area contributed by atoms with Gasteiger partial charge in [0, 0.05) is 46.6 Å². The van der Waals surface area contributed by atoms with Crippen LogP contribution in [0.5, 0.6) is 0 Å². The summed E-state index contributed by atoms with van der Waals surface area (Å²) in [6.45, 7) is 2.92. The topological polar surface area (TPSA) is 44.7 Å². The van der Waals surface area contributed by atoms with Crippen LogP contribution in [0, 0.1) is 5.92 Å². The largest absolute Gasteiger partial charge is 0.324 e. The fourth-order valence-electron chi connectivity index (χ4n) is 3.07. The number of nitrogens with zero attached hydrogens (tertiary/aromatic N) is 2. The third kappa shape index (κ3) is 1.99. The van der Waals surface area contributed by atoms with Crippen LogP contribution in [0.25, 0.3) is 0 Å². The predicted molar refractivity (Wildman–Crippen MR) is 86.3 cm³/mol. The van der Waals surface area contributed by atoms with Crippen LogP contribution in [0.15, 0.2) is 64.6 Å². The normalized spacial score (nSPS) is 22.9. The molecule has 3 aliphatic rings. The lowest BCUT2D eigenvalue weighted by atomic mass is 10.1. The van der Waals surface area contributed by atoms with Crippen LogP contribution in [0.4, 0.5) is 0 Å². The number of amidine groups is 1. The first-order chi connectivity index (χ1) is 10.6. The lowest BCUT2D eigenvalue weighted by Crippen LogP contribution is -2.32. The minimum absolute atomic E-state index is 0.0838. The maximum atomic E-state index is 11.8. The smallest absolute Gasteiger partial charge is 0.248 e. The van der Waals surface area contributed by atoms with Crippen LogP contribution in [0.3, 0.4) is 0 Å². The molecule has 0 unspecified atom stereocenters. The molecular weight excluding hydrogens is 298 g/mol. The first-order valence-corrected chi connectivity index (χ1v) is 7.56. The van der Waals surface area contributed by atoms with Gasteiger partial charge in [0.05, 0.1) is 5.70 Å². The maximum absolute atomic E-state index is 11.8. The number of aliphatic imine (C=N–C) groups is 1. The van der Waals surface area contributed by atoms with Gasteiger partial charge in [0.25, 0.3) is 0 Å². The van der Waals surface area contributed by atoms with Crippen molar-refractivity contribution in [3.8, 4) is 0 Å². The van der Waals surface area contributed by atoms with Gasteiger partial charge in [-0.15, -0.1) is 0 Å². The molecule has 3 heterocycles. The van der Waals surface area contributed by atoms with Crippen molar-refractivity contribution in [3.05, 3.63) is 70.2 Å². The summed E-state index contributed by atoms with van der Waals surface area (Å²) in [5.74, 6) is 1.05. The average molecular weight is 312 g/mol. The summed E-state index contributed by atoms with van der Waals surface area (Å²) >= 11 is 5.97. The van der Waals surface area contributed by atoms with Crippen molar-refractivity contribution in [2.45, 2.75) is 6.92 Å². The van der Waals surface area contributed by atoms with Gasteiger partial charge < -0.3 is 10.2 Å². The second kappa shape index (κ2) is 4.85. The standard InChI is InChI=1S/C17H14ClN3O/c1-10-9-21-16-12(4-7-14(22)20-15(10)16)8-19-17(21)11-2-5-13(18)6-3-11/h2-8,10H,9H2,1H3,(H,20,22)/t10-/m1/s1. The van der Waals surface area contributed by atoms with Gasteiger partial charge in [0.1, 0.15) is 5.84 Å². The van der Waals surface area contributed by atoms with Gasteiger partial charge in [0.2, 0.25) is 5.91 Å². The van der Waals surface area contributed by atoms with Crippen molar-refractivity contribution < 1.29 is 4.79 Å². The van der Waals surface area contributed by atoms with Gasteiger partial charge in [-0.1, -0.05) is 18.5 Å². The summed E-state index contributed by atoms with van der Waals surface area (Å²) in [6.07, 6.45) is 5.20. The van der Waals surface area contributed by atoms with Crippen molar-refractivity contribution in [2.75, 3.05) is 6.54 Å². The van der Waals surface area contributed by atoms with E-state index in [4.69, 9.17) is 11.6 Å². The number of carbonyl (C=O) groups is 1. The lowest BCUT2D eigenvalue weighted by Gasteiger charge is -2.27. The molecule has 0 bridgehead atoms. The molecule has 0 saturated carbocycles. The van der Waals surface area contributed by atoms with Crippen LogP contribution in [-0.2, 0) is 4.79 Å². The molecule has 1 N–H and O–H groups in total. The van der Waals surface area contributed by atoms with E-state index in [1.165, 1.54) is 0 Å². The van der Waals surface area contributed by atoms with E-state index in [9.17, 15) is 4.79 Å². The third-order valence-electron chi connectivity index (χ3n) is 4.10. The molecule has 0 fully saturated rings. The van der Waals surface area contributed by atoms with E-state index >= 15 is 0 Å². The van der Waals surface area contributed by atoms with Crippen molar-refractivity contribution in [3.63, 3.8) is 0 Å². The Hall–Kier alpha value is -2.33. The van der Waals surface area contributed by atoms with Gasteiger partial charge in [-0.25, -0.2) is 4.99 Å². The number of hydrogen-bond acceptors (Lipinski definition) is 3.